The predicted molar refractivity (Wildman–Crippen MR) is 90.0 cm³/mol. The van der Waals surface area contributed by atoms with Crippen molar-refractivity contribution < 1.29 is 4.79 Å². The Morgan fingerprint density at radius 1 is 1.30 bits per heavy atom. The maximum atomic E-state index is 12.1. The fourth-order valence-corrected chi connectivity index (χ4v) is 2.50. The van der Waals surface area contributed by atoms with Crippen molar-refractivity contribution in [2.24, 2.45) is 0 Å². The number of carbonyl (C=O) groups is 1. The van der Waals surface area contributed by atoms with Crippen LogP contribution in [-0.4, -0.2) is 21.2 Å². The van der Waals surface area contributed by atoms with Crippen LogP contribution in [-0.2, 0) is 0 Å². The van der Waals surface area contributed by atoms with E-state index < -0.39 is 0 Å². The SMILES string of the molecule is Cc1nc(NC(=O)N[C@@H](C)c2ccccc2)cc2[nH]nc(N)c12. The van der Waals surface area contributed by atoms with E-state index in [1.54, 1.807) is 6.07 Å². The summed E-state index contributed by atoms with van der Waals surface area (Å²) in [5.74, 6) is 0.843. The summed E-state index contributed by atoms with van der Waals surface area (Å²) < 4.78 is 0. The Labute approximate surface area is 133 Å². The lowest BCUT2D eigenvalue weighted by Gasteiger charge is -2.15. The van der Waals surface area contributed by atoms with Crippen LogP contribution in [0.15, 0.2) is 36.4 Å². The van der Waals surface area contributed by atoms with Crippen LogP contribution in [0.3, 0.4) is 0 Å². The number of hydrogen-bond acceptors (Lipinski definition) is 4. The van der Waals surface area contributed by atoms with Crippen molar-refractivity contribution in [2.75, 3.05) is 11.1 Å². The number of carbonyl (C=O) groups excluding carboxylic acids is 1. The maximum absolute atomic E-state index is 12.1. The number of amides is 2. The number of nitrogens with zero attached hydrogens (tertiary/aromatic N) is 2. The lowest BCUT2D eigenvalue weighted by Crippen LogP contribution is -2.31. The molecule has 0 radical (unpaired) electrons. The molecule has 0 saturated heterocycles. The van der Waals surface area contributed by atoms with Gasteiger partial charge >= 0.3 is 6.03 Å². The third kappa shape index (κ3) is 3.08. The second-order valence-corrected chi connectivity index (χ2v) is 5.36. The van der Waals surface area contributed by atoms with Crippen LogP contribution < -0.4 is 16.4 Å². The first-order chi connectivity index (χ1) is 11.0. The average molecular weight is 310 g/mol. The van der Waals surface area contributed by atoms with Gasteiger partial charge in [0.2, 0.25) is 0 Å². The molecule has 0 fully saturated rings. The van der Waals surface area contributed by atoms with E-state index in [4.69, 9.17) is 5.73 Å². The summed E-state index contributed by atoms with van der Waals surface area (Å²) in [6, 6.07) is 11.0. The Balaban J connectivity index is 1.73. The number of benzene rings is 1. The summed E-state index contributed by atoms with van der Waals surface area (Å²) in [5.41, 5.74) is 8.25. The van der Waals surface area contributed by atoms with Gasteiger partial charge in [0.1, 0.15) is 5.82 Å². The standard InChI is InChI=1S/C16H18N6O/c1-9(11-6-4-3-5-7-11)19-16(23)20-13-8-12-14(10(2)18-13)15(17)22-21-12/h3-9H,1-2H3,(H3,17,21,22)(H2,18,19,20,23)/t9-/m0/s1. The van der Waals surface area contributed by atoms with Crippen molar-refractivity contribution in [2.45, 2.75) is 19.9 Å². The molecule has 0 aliphatic rings. The minimum atomic E-state index is -0.319. The number of nitrogen functional groups attached to an aromatic ring is 1. The molecule has 0 bridgehead atoms. The van der Waals surface area contributed by atoms with Gasteiger partial charge in [0.25, 0.3) is 0 Å². The quantitative estimate of drug-likeness (QED) is 0.596. The van der Waals surface area contributed by atoms with E-state index in [2.05, 4.69) is 25.8 Å². The van der Waals surface area contributed by atoms with Gasteiger partial charge in [-0.2, -0.15) is 5.10 Å². The van der Waals surface area contributed by atoms with Crippen LogP contribution in [0.2, 0.25) is 0 Å². The maximum Gasteiger partial charge on any atom is 0.320 e. The smallest absolute Gasteiger partial charge is 0.320 e. The van der Waals surface area contributed by atoms with Crippen molar-refractivity contribution in [3.05, 3.63) is 47.7 Å². The molecule has 118 valence electrons. The fraction of sp³-hybridized carbons (Fsp3) is 0.188. The van der Waals surface area contributed by atoms with Crippen molar-refractivity contribution in [1.82, 2.24) is 20.5 Å². The molecular formula is C16H18N6O. The molecule has 0 aliphatic carbocycles. The van der Waals surface area contributed by atoms with Gasteiger partial charge in [-0.1, -0.05) is 30.3 Å². The number of fused-ring (bicyclic) bond motifs is 1. The lowest BCUT2D eigenvalue weighted by atomic mass is 10.1. The Morgan fingerprint density at radius 3 is 2.78 bits per heavy atom. The molecule has 3 rings (SSSR count). The van der Waals surface area contributed by atoms with Gasteiger partial charge in [-0.25, -0.2) is 9.78 Å². The number of anilines is 2. The van der Waals surface area contributed by atoms with Gasteiger partial charge in [0.05, 0.1) is 22.6 Å². The normalized spacial score (nSPS) is 12.1. The van der Waals surface area contributed by atoms with Gasteiger partial charge in [0.15, 0.2) is 5.82 Å². The molecule has 5 N–H and O–H groups in total. The van der Waals surface area contributed by atoms with Crippen LogP contribution in [0.4, 0.5) is 16.4 Å². The number of pyridine rings is 1. The summed E-state index contributed by atoms with van der Waals surface area (Å²) in [7, 11) is 0. The average Bonchev–Trinajstić information content (AvgIpc) is 2.89. The largest absolute Gasteiger partial charge is 0.382 e. The number of aryl methyl sites for hydroxylation is 1. The molecule has 0 aliphatic heterocycles. The van der Waals surface area contributed by atoms with Crippen LogP contribution >= 0.6 is 0 Å². The number of nitrogens with two attached hydrogens (primary N) is 1. The molecule has 1 aromatic carbocycles. The lowest BCUT2D eigenvalue weighted by molar-refractivity contribution is 0.249. The molecule has 3 aromatic rings. The first-order valence-electron chi connectivity index (χ1n) is 7.28. The molecule has 1 atom stereocenters. The van der Waals surface area contributed by atoms with Gasteiger partial charge in [-0.15, -0.1) is 0 Å². The van der Waals surface area contributed by atoms with Gasteiger partial charge < -0.3 is 11.1 Å². The highest BCUT2D eigenvalue weighted by Gasteiger charge is 2.12. The van der Waals surface area contributed by atoms with Crippen LogP contribution in [0.25, 0.3) is 10.9 Å². The van der Waals surface area contributed by atoms with E-state index in [0.717, 1.165) is 16.5 Å². The molecule has 0 saturated carbocycles. The highest BCUT2D eigenvalue weighted by molar-refractivity contribution is 5.95. The minimum Gasteiger partial charge on any atom is -0.382 e. The van der Waals surface area contributed by atoms with Gasteiger partial charge in [0, 0.05) is 6.07 Å². The molecule has 7 heteroatoms. The Morgan fingerprint density at radius 2 is 2.04 bits per heavy atom. The van der Waals surface area contributed by atoms with Crippen molar-refractivity contribution in [3.8, 4) is 0 Å². The zero-order valence-electron chi connectivity index (χ0n) is 12.9. The Hall–Kier alpha value is -3.09. The molecule has 7 nitrogen and oxygen atoms in total. The summed E-state index contributed by atoms with van der Waals surface area (Å²) in [5, 5.41) is 13.2. The Kier molecular flexibility index (Phi) is 3.84. The van der Waals surface area contributed by atoms with E-state index in [1.807, 2.05) is 44.2 Å². The van der Waals surface area contributed by atoms with Gasteiger partial charge in [-0.05, 0) is 19.4 Å². The van der Waals surface area contributed by atoms with Crippen LogP contribution in [0.5, 0.6) is 0 Å². The van der Waals surface area contributed by atoms with E-state index in [-0.39, 0.29) is 12.1 Å². The number of nitrogens with one attached hydrogen (secondary N) is 3. The third-order valence-electron chi connectivity index (χ3n) is 3.64. The number of aromatic amines is 1. The van der Waals surface area contributed by atoms with Crippen LogP contribution in [0, 0.1) is 6.92 Å². The number of H-pyrrole nitrogens is 1. The number of hydrogen-bond donors (Lipinski definition) is 4. The molecule has 2 aromatic heterocycles. The molecule has 0 spiro atoms. The first-order valence-corrected chi connectivity index (χ1v) is 7.28. The van der Waals surface area contributed by atoms with E-state index in [1.165, 1.54) is 0 Å². The molecule has 23 heavy (non-hydrogen) atoms. The third-order valence-corrected chi connectivity index (χ3v) is 3.64. The van der Waals surface area contributed by atoms with Crippen molar-refractivity contribution in [3.63, 3.8) is 0 Å². The zero-order chi connectivity index (χ0) is 16.4. The number of aromatic nitrogens is 3. The molecular weight excluding hydrogens is 292 g/mol. The summed E-state index contributed by atoms with van der Waals surface area (Å²) in [6.07, 6.45) is 0. The number of urea groups is 1. The highest BCUT2D eigenvalue weighted by atomic mass is 16.2. The fourth-order valence-electron chi connectivity index (χ4n) is 2.50. The Bertz CT molecular complexity index is 842. The van der Waals surface area contributed by atoms with E-state index in [9.17, 15) is 4.79 Å². The summed E-state index contributed by atoms with van der Waals surface area (Å²) in [6.45, 7) is 3.75. The monoisotopic (exact) mass is 310 g/mol. The number of rotatable bonds is 3. The van der Waals surface area contributed by atoms with Crippen molar-refractivity contribution in [1.29, 1.82) is 0 Å². The zero-order valence-corrected chi connectivity index (χ0v) is 12.9. The summed E-state index contributed by atoms with van der Waals surface area (Å²) >= 11 is 0. The molecule has 0 unspecified atom stereocenters. The van der Waals surface area contributed by atoms with Crippen molar-refractivity contribution >= 4 is 28.6 Å². The van der Waals surface area contributed by atoms with Crippen LogP contribution in [0.1, 0.15) is 24.2 Å². The predicted octanol–water partition coefficient (Wildman–Crippen LogP) is 2.73. The highest BCUT2D eigenvalue weighted by Crippen LogP contribution is 2.23. The second-order valence-electron chi connectivity index (χ2n) is 5.36. The summed E-state index contributed by atoms with van der Waals surface area (Å²) in [4.78, 5) is 16.5. The first kappa shape index (κ1) is 14.8. The second kappa shape index (κ2) is 5.96. The molecule has 2 amide bonds. The topological polar surface area (TPSA) is 109 Å². The minimum absolute atomic E-state index is 0.108. The van der Waals surface area contributed by atoms with E-state index >= 15 is 0 Å². The van der Waals surface area contributed by atoms with Gasteiger partial charge in [-0.3, -0.25) is 10.4 Å². The molecule has 2 heterocycles. The van der Waals surface area contributed by atoms with E-state index in [0.29, 0.717) is 17.3 Å².